The number of nitrogens with one attached hydrogen (secondary N) is 2. The number of benzene rings is 2. The van der Waals surface area contributed by atoms with Gasteiger partial charge in [0.1, 0.15) is 0 Å². The van der Waals surface area contributed by atoms with Crippen LogP contribution in [0.2, 0.25) is 0 Å². The second-order valence-corrected chi connectivity index (χ2v) is 11.3. The van der Waals surface area contributed by atoms with E-state index in [9.17, 15) is 18.0 Å². The van der Waals surface area contributed by atoms with E-state index in [0.717, 1.165) is 30.2 Å². The fraction of sp³-hybridized carbons (Fsp3) is 0.462. The summed E-state index contributed by atoms with van der Waals surface area (Å²) < 4.78 is 25.7. The third-order valence-corrected chi connectivity index (χ3v) is 6.69. The lowest BCUT2D eigenvalue weighted by atomic mass is 9.88. The average molecular weight is 486 g/mol. The van der Waals surface area contributed by atoms with E-state index in [1.165, 1.54) is 5.56 Å². The van der Waals surface area contributed by atoms with Crippen LogP contribution in [0.1, 0.15) is 66.1 Å². The molecule has 184 valence electrons. The van der Waals surface area contributed by atoms with Gasteiger partial charge in [-0.25, -0.2) is 8.42 Å². The van der Waals surface area contributed by atoms with Gasteiger partial charge in [-0.15, -0.1) is 0 Å². The SMILES string of the molecule is Cc1ccc(C(=O)N2CCC(c3ccc(CNC(=O)CC(C)C)cc3)CC2)cc1NS(C)(=O)=O. The van der Waals surface area contributed by atoms with Crippen molar-refractivity contribution in [1.29, 1.82) is 0 Å². The number of nitrogens with zero attached hydrogens (tertiary/aromatic N) is 1. The predicted octanol–water partition coefficient (Wildman–Crippen LogP) is 4.05. The van der Waals surface area contributed by atoms with Crippen LogP contribution in [-0.4, -0.2) is 44.5 Å². The first-order valence-electron chi connectivity index (χ1n) is 11.7. The molecular formula is C26H35N3O4S. The molecule has 1 fully saturated rings. The molecule has 2 aromatic carbocycles. The maximum atomic E-state index is 13.0. The van der Waals surface area contributed by atoms with Gasteiger partial charge < -0.3 is 10.2 Å². The van der Waals surface area contributed by atoms with Crippen LogP contribution in [0.3, 0.4) is 0 Å². The lowest BCUT2D eigenvalue weighted by Gasteiger charge is -2.32. The maximum Gasteiger partial charge on any atom is 0.253 e. The smallest absolute Gasteiger partial charge is 0.253 e. The van der Waals surface area contributed by atoms with Crippen molar-refractivity contribution in [3.63, 3.8) is 0 Å². The molecule has 0 aromatic heterocycles. The third kappa shape index (κ3) is 7.32. The Balaban J connectivity index is 1.55. The summed E-state index contributed by atoms with van der Waals surface area (Å²) in [6, 6.07) is 13.5. The summed E-state index contributed by atoms with van der Waals surface area (Å²) in [6.45, 7) is 7.70. The van der Waals surface area contributed by atoms with Crippen molar-refractivity contribution in [3.05, 3.63) is 64.7 Å². The van der Waals surface area contributed by atoms with E-state index < -0.39 is 10.0 Å². The number of hydrogen-bond donors (Lipinski definition) is 2. The van der Waals surface area contributed by atoms with E-state index >= 15 is 0 Å². The summed E-state index contributed by atoms with van der Waals surface area (Å²) in [5.74, 6) is 0.720. The molecule has 8 heteroatoms. The summed E-state index contributed by atoms with van der Waals surface area (Å²) >= 11 is 0. The van der Waals surface area contributed by atoms with Crippen LogP contribution in [0.25, 0.3) is 0 Å². The van der Waals surface area contributed by atoms with E-state index in [4.69, 9.17) is 0 Å². The van der Waals surface area contributed by atoms with Gasteiger partial charge in [0.25, 0.3) is 5.91 Å². The van der Waals surface area contributed by atoms with Gasteiger partial charge in [-0.1, -0.05) is 44.2 Å². The van der Waals surface area contributed by atoms with Crippen molar-refractivity contribution >= 4 is 27.5 Å². The van der Waals surface area contributed by atoms with Crippen LogP contribution in [0.15, 0.2) is 42.5 Å². The Kier molecular flexibility index (Phi) is 8.36. The Morgan fingerprint density at radius 3 is 2.29 bits per heavy atom. The molecule has 2 N–H and O–H groups in total. The van der Waals surface area contributed by atoms with Crippen LogP contribution in [-0.2, 0) is 21.4 Å². The first-order valence-corrected chi connectivity index (χ1v) is 13.6. The highest BCUT2D eigenvalue weighted by atomic mass is 32.2. The van der Waals surface area contributed by atoms with Crippen molar-refractivity contribution in [1.82, 2.24) is 10.2 Å². The zero-order valence-electron chi connectivity index (χ0n) is 20.4. The quantitative estimate of drug-likeness (QED) is 0.590. The number of anilines is 1. The molecule has 1 saturated heterocycles. The van der Waals surface area contributed by atoms with Gasteiger partial charge in [-0.2, -0.15) is 0 Å². The number of amides is 2. The standard InChI is InChI=1S/C26H35N3O4S/c1-18(2)15-25(30)27-17-20-6-9-21(10-7-20)22-11-13-29(14-12-22)26(31)23-8-5-19(3)24(16-23)28-34(4,32)33/h5-10,16,18,22,28H,11-15,17H2,1-4H3,(H,27,30). The number of carbonyl (C=O) groups is 2. The van der Waals surface area contributed by atoms with Gasteiger partial charge in [-0.3, -0.25) is 14.3 Å². The molecule has 1 aliphatic rings. The molecule has 0 saturated carbocycles. The van der Waals surface area contributed by atoms with Gasteiger partial charge in [0.2, 0.25) is 15.9 Å². The monoisotopic (exact) mass is 485 g/mol. The number of carbonyl (C=O) groups excluding carboxylic acids is 2. The Hall–Kier alpha value is -2.87. The van der Waals surface area contributed by atoms with Gasteiger partial charge in [0, 0.05) is 31.6 Å². The Morgan fingerprint density at radius 1 is 1.06 bits per heavy atom. The molecule has 2 aromatic rings. The van der Waals surface area contributed by atoms with Crippen LogP contribution >= 0.6 is 0 Å². The molecular weight excluding hydrogens is 450 g/mol. The molecule has 0 bridgehead atoms. The number of aryl methyl sites for hydroxylation is 1. The molecule has 34 heavy (non-hydrogen) atoms. The van der Waals surface area contributed by atoms with Crippen molar-refractivity contribution in [2.75, 3.05) is 24.1 Å². The molecule has 0 unspecified atom stereocenters. The first-order chi connectivity index (χ1) is 16.0. The number of hydrogen-bond acceptors (Lipinski definition) is 4. The number of likely N-dealkylation sites (tertiary alicyclic amines) is 1. The summed E-state index contributed by atoms with van der Waals surface area (Å²) in [5.41, 5.74) is 4.01. The fourth-order valence-electron chi connectivity index (χ4n) is 4.21. The van der Waals surface area contributed by atoms with Gasteiger partial charge in [-0.05, 0) is 60.4 Å². The number of rotatable bonds is 8. The number of piperidine rings is 1. The highest BCUT2D eigenvalue weighted by Crippen LogP contribution is 2.29. The Bertz CT molecular complexity index is 1120. The van der Waals surface area contributed by atoms with Crippen LogP contribution in [0.5, 0.6) is 0 Å². The highest BCUT2D eigenvalue weighted by Gasteiger charge is 2.25. The average Bonchev–Trinajstić information content (AvgIpc) is 2.78. The van der Waals surface area contributed by atoms with Crippen LogP contribution < -0.4 is 10.0 Å². The molecule has 7 nitrogen and oxygen atoms in total. The van der Waals surface area contributed by atoms with E-state index in [-0.39, 0.29) is 11.8 Å². The van der Waals surface area contributed by atoms with E-state index in [1.54, 1.807) is 25.1 Å². The van der Waals surface area contributed by atoms with Gasteiger partial charge in [0.15, 0.2) is 0 Å². The van der Waals surface area contributed by atoms with E-state index in [1.807, 2.05) is 18.7 Å². The third-order valence-electron chi connectivity index (χ3n) is 6.10. The minimum Gasteiger partial charge on any atom is -0.352 e. The zero-order valence-corrected chi connectivity index (χ0v) is 21.2. The molecule has 0 aliphatic carbocycles. The van der Waals surface area contributed by atoms with E-state index in [0.29, 0.717) is 49.1 Å². The van der Waals surface area contributed by atoms with Crippen molar-refractivity contribution in [3.8, 4) is 0 Å². The van der Waals surface area contributed by atoms with Gasteiger partial charge >= 0.3 is 0 Å². The van der Waals surface area contributed by atoms with E-state index in [2.05, 4.69) is 34.3 Å². The topological polar surface area (TPSA) is 95.6 Å². The number of sulfonamides is 1. The summed E-state index contributed by atoms with van der Waals surface area (Å²) in [4.78, 5) is 26.7. The summed E-state index contributed by atoms with van der Waals surface area (Å²) in [7, 11) is -3.42. The molecule has 2 amide bonds. The second kappa shape index (κ2) is 11.0. The van der Waals surface area contributed by atoms with Crippen molar-refractivity contribution in [2.24, 2.45) is 5.92 Å². The minimum absolute atomic E-state index is 0.0731. The minimum atomic E-state index is -3.42. The highest BCUT2D eigenvalue weighted by molar-refractivity contribution is 7.92. The summed E-state index contributed by atoms with van der Waals surface area (Å²) in [5, 5.41) is 2.96. The second-order valence-electron chi connectivity index (χ2n) is 9.59. The Labute approximate surface area is 203 Å². The predicted molar refractivity (Wildman–Crippen MR) is 135 cm³/mol. The maximum absolute atomic E-state index is 13.0. The molecule has 0 radical (unpaired) electrons. The van der Waals surface area contributed by atoms with Crippen LogP contribution in [0.4, 0.5) is 5.69 Å². The summed E-state index contributed by atoms with van der Waals surface area (Å²) in [6.07, 6.45) is 3.38. The molecule has 3 rings (SSSR count). The molecule has 0 atom stereocenters. The molecule has 1 heterocycles. The van der Waals surface area contributed by atoms with Crippen molar-refractivity contribution < 1.29 is 18.0 Å². The van der Waals surface area contributed by atoms with Crippen molar-refractivity contribution in [2.45, 2.75) is 52.5 Å². The van der Waals surface area contributed by atoms with Gasteiger partial charge in [0.05, 0.1) is 11.9 Å². The lowest BCUT2D eigenvalue weighted by molar-refractivity contribution is -0.121. The largest absolute Gasteiger partial charge is 0.352 e. The zero-order chi connectivity index (χ0) is 24.9. The first kappa shape index (κ1) is 25.7. The normalized spacial score (nSPS) is 14.8. The fourth-order valence-corrected chi connectivity index (χ4v) is 4.83. The van der Waals surface area contributed by atoms with Crippen LogP contribution in [0, 0.1) is 12.8 Å². The molecule has 1 aliphatic heterocycles. The molecule has 0 spiro atoms. The Morgan fingerprint density at radius 2 is 1.71 bits per heavy atom. The lowest BCUT2D eigenvalue weighted by Crippen LogP contribution is -2.38.